The van der Waals surface area contributed by atoms with Gasteiger partial charge in [0.1, 0.15) is 17.2 Å². The molecule has 0 aliphatic carbocycles. The van der Waals surface area contributed by atoms with Gasteiger partial charge in [-0.25, -0.2) is 4.79 Å². The molecule has 3 aromatic rings. The lowest BCUT2D eigenvalue weighted by atomic mass is 9.88. The van der Waals surface area contributed by atoms with E-state index in [0.29, 0.717) is 28.2 Å². The van der Waals surface area contributed by atoms with Crippen LogP contribution in [-0.2, 0) is 6.54 Å². The number of carbonyl (C=O) groups is 1. The Morgan fingerprint density at radius 2 is 1.85 bits per heavy atom. The van der Waals surface area contributed by atoms with Gasteiger partial charge in [-0.05, 0) is 35.0 Å². The van der Waals surface area contributed by atoms with Gasteiger partial charge in [0.25, 0.3) is 0 Å². The van der Waals surface area contributed by atoms with Crippen LogP contribution in [-0.4, -0.2) is 16.2 Å². The number of phenolic OH excluding ortho intramolecular Hbond substituents is 1. The molecule has 1 aliphatic rings. The Labute approximate surface area is 155 Å². The van der Waals surface area contributed by atoms with Crippen LogP contribution in [0.5, 0.6) is 17.2 Å². The normalized spacial score (nSPS) is 12.1. The number of ether oxygens (including phenoxy) is 1. The van der Waals surface area contributed by atoms with Gasteiger partial charge in [-0.3, -0.25) is 0 Å². The van der Waals surface area contributed by atoms with E-state index >= 15 is 0 Å². The molecule has 0 atom stereocenters. The fraction of sp³-hybridized carbons (Fsp3) is 0.0455. The van der Waals surface area contributed by atoms with Gasteiger partial charge >= 0.3 is 5.97 Å². The highest BCUT2D eigenvalue weighted by Gasteiger charge is 2.26. The molecule has 0 saturated carbocycles. The summed E-state index contributed by atoms with van der Waals surface area (Å²) in [5.74, 6) is 0.00642. The van der Waals surface area contributed by atoms with Crippen molar-refractivity contribution < 1.29 is 19.7 Å². The van der Waals surface area contributed by atoms with Crippen LogP contribution < -0.4 is 20.9 Å². The van der Waals surface area contributed by atoms with Crippen LogP contribution in [0.2, 0.25) is 0 Å². The lowest BCUT2D eigenvalue weighted by molar-refractivity contribution is 0.0696. The maximum Gasteiger partial charge on any atom is 0.336 e. The average Bonchev–Trinajstić information content (AvgIpc) is 2.66. The Bertz CT molecular complexity index is 1200. The highest BCUT2D eigenvalue weighted by atomic mass is 16.5. The topological polar surface area (TPSA) is 92.8 Å². The lowest BCUT2D eigenvalue weighted by Gasteiger charge is -2.24. The Kier molecular flexibility index (Phi) is 3.94. The van der Waals surface area contributed by atoms with Crippen molar-refractivity contribution in [2.24, 2.45) is 5.73 Å². The Morgan fingerprint density at radius 1 is 1.07 bits per heavy atom. The van der Waals surface area contributed by atoms with Crippen molar-refractivity contribution in [2.75, 3.05) is 0 Å². The fourth-order valence-electron chi connectivity index (χ4n) is 3.42. The van der Waals surface area contributed by atoms with Crippen molar-refractivity contribution in [1.82, 2.24) is 0 Å². The van der Waals surface area contributed by atoms with E-state index in [1.165, 1.54) is 0 Å². The van der Waals surface area contributed by atoms with E-state index in [9.17, 15) is 15.0 Å². The van der Waals surface area contributed by atoms with Gasteiger partial charge in [-0.1, -0.05) is 36.9 Å². The Morgan fingerprint density at radius 3 is 2.59 bits per heavy atom. The molecule has 27 heavy (non-hydrogen) atoms. The van der Waals surface area contributed by atoms with Crippen LogP contribution in [0.4, 0.5) is 0 Å². The molecule has 0 amide bonds. The number of benzene rings is 3. The summed E-state index contributed by atoms with van der Waals surface area (Å²) >= 11 is 0. The molecule has 0 aromatic heterocycles. The molecule has 134 valence electrons. The van der Waals surface area contributed by atoms with Crippen molar-refractivity contribution in [2.45, 2.75) is 6.54 Å². The number of aromatic hydroxyl groups is 1. The van der Waals surface area contributed by atoms with Crippen molar-refractivity contribution >= 4 is 18.1 Å². The van der Waals surface area contributed by atoms with Gasteiger partial charge in [0, 0.05) is 22.9 Å². The molecule has 1 aliphatic heterocycles. The van der Waals surface area contributed by atoms with Gasteiger partial charge in [-0.2, -0.15) is 0 Å². The number of fused-ring (bicyclic) bond motifs is 2. The molecule has 0 fully saturated rings. The molecule has 0 bridgehead atoms. The summed E-state index contributed by atoms with van der Waals surface area (Å²) in [7, 11) is 0. The monoisotopic (exact) mass is 359 g/mol. The van der Waals surface area contributed by atoms with E-state index < -0.39 is 5.97 Å². The van der Waals surface area contributed by atoms with Crippen LogP contribution in [0.15, 0.2) is 54.6 Å². The maximum atomic E-state index is 11.8. The SMILES string of the molecule is C=c1ccc2c(c1)Oc1c(ccc(O)c1CN)C=2c1ccccc1C(=O)O. The third-order valence-corrected chi connectivity index (χ3v) is 4.66. The summed E-state index contributed by atoms with van der Waals surface area (Å²) < 4.78 is 6.06. The first kappa shape index (κ1) is 16.9. The number of carboxylic acids is 1. The molecule has 4 N–H and O–H groups in total. The van der Waals surface area contributed by atoms with Crippen LogP contribution in [0.3, 0.4) is 0 Å². The number of carboxylic acid groups (broad SMARTS) is 1. The summed E-state index contributed by atoms with van der Waals surface area (Å²) in [5.41, 5.74) is 8.47. The summed E-state index contributed by atoms with van der Waals surface area (Å²) in [6, 6.07) is 15.6. The second kappa shape index (κ2) is 6.30. The third-order valence-electron chi connectivity index (χ3n) is 4.66. The van der Waals surface area contributed by atoms with Gasteiger partial charge in [0.15, 0.2) is 0 Å². The third kappa shape index (κ3) is 2.65. The van der Waals surface area contributed by atoms with Crippen molar-refractivity contribution in [3.05, 3.63) is 87.3 Å². The summed E-state index contributed by atoms with van der Waals surface area (Å²) in [4.78, 5) is 11.8. The van der Waals surface area contributed by atoms with Crippen molar-refractivity contribution in [3.63, 3.8) is 0 Å². The minimum Gasteiger partial charge on any atom is -0.507 e. The minimum absolute atomic E-state index is 0.0383. The van der Waals surface area contributed by atoms with Crippen LogP contribution >= 0.6 is 0 Å². The van der Waals surface area contributed by atoms with E-state index in [1.807, 2.05) is 12.1 Å². The molecule has 5 heteroatoms. The van der Waals surface area contributed by atoms with Crippen LogP contribution in [0.25, 0.3) is 12.2 Å². The average molecular weight is 359 g/mol. The van der Waals surface area contributed by atoms with Crippen molar-refractivity contribution in [3.8, 4) is 17.2 Å². The number of aromatic carboxylic acids is 1. The zero-order valence-corrected chi connectivity index (χ0v) is 14.4. The smallest absolute Gasteiger partial charge is 0.336 e. The summed E-state index contributed by atoms with van der Waals surface area (Å²) in [6.45, 7) is 4.02. The van der Waals surface area contributed by atoms with E-state index in [2.05, 4.69) is 6.58 Å². The van der Waals surface area contributed by atoms with E-state index in [0.717, 1.165) is 16.0 Å². The predicted octanol–water partition coefficient (Wildman–Crippen LogP) is 2.31. The zero-order chi connectivity index (χ0) is 19.1. The molecular weight excluding hydrogens is 342 g/mol. The first-order valence-electron chi connectivity index (χ1n) is 8.40. The minimum atomic E-state index is -1.01. The molecule has 5 nitrogen and oxygen atoms in total. The first-order chi connectivity index (χ1) is 13.0. The van der Waals surface area contributed by atoms with Gasteiger partial charge in [0.2, 0.25) is 0 Å². The van der Waals surface area contributed by atoms with E-state index in [4.69, 9.17) is 10.5 Å². The molecule has 3 aromatic carbocycles. The Hall–Kier alpha value is -3.57. The second-order valence-corrected chi connectivity index (χ2v) is 6.30. The van der Waals surface area contributed by atoms with Gasteiger partial charge in [-0.15, -0.1) is 0 Å². The number of nitrogens with two attached hydrogens (primary N) is 1. The first-order valence-corrected chi connectivity index (χ1v) is 8.40. The lowest BCUT2D eigenvalue weighted by Crippen LogP contribution is -2.21. The predicted molar refractivity (Wildman–Crippen MR) is 102 cm³/mol. The molecule has 0 unspecified atom stereocenters. The van der Waals surface area contributed by atoms with Gasteiger partial charge in [0.05, 0.1) is 11.1 Å². The highest BCUT2D eigenvalue weighted by Crippen LogP contribution is 2.42. The van der Waals surface area contributed by atoms with Gasteiger partial charge < -0.3 is 20.7 Å². The van der Waals surface area contributed by atoms with E-state index in [-0.39, 0.29) is 17.9 Å². The number of rotatable bonds is 3. The van der Waals surface area contributed by atoms with E-state index in [1.54, 1.807) is 42.5 Å². The molecule has 0 spiro atoms. The van der Waals surface area contributed by atoms with Crippen LogP contribution in [0, 0.1) is 0 Å². The number of phenols is 1. The summed E-state index contributed by atoms with van der Waals surface area (Å²) in [6.07, 6.45) is 0. The number of hydrogen-bond acceptors (Lipinski definition) is 4. The van der Waals surface area contributed by atoms with Crippen molar-refractivity contribution in [1.29, 1.82) is 0 Å². The number of hydrogen-bond donors (Lipinski definition) is 3. The molecule has 4 rings (SSSR count). The standard InChI is InChI=1S/C22H17NO4/c1-12-6-7-15-19(10-12)27-21-16(8-9-18(24)17(21)11-23)20(15)13-4-2-3-5-14(13)22(25)26/h2-10,24H,1,11,23H2,(H,25,26). The summed E-state index contributed by atoms with van der Waals surface area (Å²) in [5, 5.41) is 21.4. The highest BCUT2D eigenvalue weighted by molar-refractivity contribution is 5.98. The largest absolute Gasteiger partial charge is 0.507 e. The van der Waals surface area contributed by atoms with Crippen LogP contribution in [0.1, 0.15) is 27.0 Å². The second-order valence-electron chi connectivity index (χ2n) is 6.30. The maximum absolute atomic E-state index is 11.8. The molecule has 0 radical (unpaired) electrons. The molecule has 0 saturated heterocycles. The zero-order valence-electron chi connectivity index (χ0n) is 14.4. The molecule has 1 heterocycles. The fourth-order valence-corrected chi connectivity index (χ4v) is 3.42. The Balaban J connectivity index is 2.18. The quantitative estimate of drug-likeness (QED) is 0.522. The molecular formula is C22H17NO4.